The Balaban J connectivity index is 0.00000288. The molecule has 0 atom stereocenters. The summed E-state index contributed by atoms with van der Waals surface area (Å²) in [6, 6.07) is 8.70. The van der Waals surface area contributed by atoms with Gasteiger partial charge in [-0.3, -0.25) is 4.99 Å². The van der Waals surface area contributed by atoms with Gasteiger partial charge in [0.15, 0.2) is 5.96 Å². The van der Waals surface area contributed by atoms with Gasteiger partial charge in [-0.25, -0.2) is 0 Å². The minimum atomic E-state index is 0. The monoisotopic (exact) mass is 443 g/mol. The molecule has 0 fully saturated rings. The zero-order valence-electron chi connectivity index (χ0n) is 14.8. The molecule has 0 saturated carbocycles. The highest BCUT2D eigenvalue weighted by Gasteiger charge is 2.11. The maximum absolute atomic E-state index is 5.74. The molecule has 2 rings (SSSR count). The molecule has 134 valence electrons. The number of ether oxygens (including phenoxy) is 1. The van der Waals surface area contributed by atoms with E-state index >= 15 is 0 Å². The molecule has 0 heterocycles. The van der Waals surface area contributed by atoms with E-state index in [0.717, 1.165) is 57.1 Å². The summed E-state index contributed by atoms with van der Waals surface area (Å²) in [5.74, 6) is 1.88. The third kappa shape index (κ3) is 8.04. The first-order chi connectivity index (χ1) is 11.3. The van der Waals surface area contributed by atoms with Gasteiger partial charge in [0, 0.05) is 19.1 Å². The quantitative estimate of drug-likeness (QED) is 0.210. The van der Waals surface area contributed by atoms with E-state index in [1.54, 1.807) is 0 Å². The van der Waals surface area contributed by atoms with Gasteiger partial charge in [0.05, 0.1) is 6.61 Å². The Morgan fingerprint density at radius 3 is 2.54 bits per heavy atom. The summed E-state index contributed by atoms with van der Waals surface area (Å²) in [6.45, 7) is 6.64. The molecule has 0 saturated heterocycles. The van der Waals surface area contributed by atoms with Gasteiger partial charge in [-0.1, -0.05) is 29.8 Å². The molecule has 1 aliphatic carbocycles. The normalized spacial score (nSPS) is 14.3. The number of aliphatic imine (C=N–C) groups is 1. The maximum atomic E-state index is 5.74. The summed E-state index contributed by atoms with van der Waals surface area (Å²) in [5, 5.41) is 6.80. The fraction of sp³-hybridized carbons (Fsp3) is 0.526. The van der Waals surface area contributed by atoms with E-state index in [1.165, 1.54) is 5.56 Å². The van der Waals surface area contributed by atoms with Gasteiger partial charge < -0.3 is 15.4 Å². The lowest BCUT2D eigenvalue weighted by molar-refractivity contribution is 0.308. The lowest BCUT2D eigenvalue weighted by Crippen LogP contribution is -2.42. The molecule has 0 spiro atoms. The Morgan fingerprint density at radius 1 is 1.17 bits per heavy atom. The first-order valence-electron chi connectivity index (χ1n) is 8.67. The lowest BCUT2D eigenvalue weighted by atomic mass is 10.2. The topological polar surface area (TPSA) is 45.7 Å². The second-order valence-corrected chi connectivity index (χ2v) is 5.91. The van der Waals surface area contributed by atoms with Gasteiger partial charge in [0.1, 0.15) is 5.75 Å². The van der Waals surface area contributed by atoms with Crippen molar-refractivity contribution in [3.63, 3.8) is 0 Å². The summed E-state index contributed by atoms with van der Waals surface area (Å²) in [4.78, 5) is 4.64. The number of aryl methyl sites for hydroxylation is 1. The van der Waals surface area contributed by atoms with Crippen LogP contribution in [0.4, 0.5) is 0 Å². The number of guanidine groups is 1. The number of halogens is 1. The van der Waals surface area contributed by atoms with Crippen LogP contribution in [0.25, 0.3) is 0 Å². The van der Waals surface area contributed by atoms with Gasteiger partial charge in [0.2, 0.25) is 0 Å². The Bertz CT molecular complexity index is 506. The first-order valence-corrected chi connectivity index (χ1v) is 8.67. The van der Waals surface area contributed by atoms with Gasteiger partial charge in [0.25, 0.3) is 0 Å². The summed E-state index contributed by atoms with van der Waals surface area (Å²) < 4.78 is 5.74. The highest BCUT2D eigenvalue weighted by Crippen LogP contribution is 2.12. The molecular formula is C19H30IN3O. The van der Waals surface area contributed by atoms with Crippen LogP contribution in [0.5, 0.6) is 5.75 Å². The van der Waals surface area contributed by atoms with Gasteiger partial charge >= 0.3 is 0 Å². The second-order valence-electron chi connectivity index (χ2n) is 5.91. The van der Waals surface area contributed by atoms with Crippen molar-refractivity contribution in [2.45, 2.75) is 45.6 Å². The van der Waals surface area contributed by atoms with Crippen LogP contribution in [0.15, 0.2) is 41.4 Å². The fourth-order valence-corrected chi connectivity index (χ4v) is 2.48. The summed E-state index contributed by atoms with van der Waals surface area (Å²) in [7, 11) is 0. The molecule has 2 N–H and O–H groups in total. The van der Waals surface area contributed by atoms with E-state index in [0.29, 0.717) is 6.04 Å². The highest BCUT2D eigenvalue weighted by molar-refractivity contribution is 14.0. The molecule has 0 amide bonds. The Morgan fingerprint density at radius 2 is 1.88 bits per heavy atom. The van der Waals surface area contributed by atoms with Crippen molar-refractivity contribution in [3.05, 3.63) is 42.0 Å². The van der Waals surface area contributed by atoms with Crippen LogP contribution in [0.3, 0.4) is 0 Å². The van der Waals surface area contributed by atoms with Gasteiger partial charge in [-0.2, -0.15) is 0 Å². The predicted molar refractivity (Wildman–Crippen MR) is 113 cm³/mol. The molecule has 1 aromatic carbocycles. The van der Waals surface area contributed by atoms with Gasteiger partial charge in [-0.05, 0) is 51.7 Å². The van der Waals surface area contributed by atoms with Crippen LogP contribution in [0, 0.1) is 6.92 Å². The second kappa shape index (κ2) is 12.2. The molecular weight excluding hydrogens is 413 g/mol. The lowest BCUT2D eigenvalue weighted by Gasteiger charge is -2.16. The number of nitrogens with zero attached hydrogens (tertiary/aromatic N) is 1. The van der Waals surface area contributed by atoms with Crippen LogP contribution in [0.2, 0.25) is 0 Å². The van der Waals surface area contributed by atoms with Crippen molar-refractivity contribution in [2.75, 3.05) is 19.7 Å². The SMILES string of the molecule is CCNC(=NCCCCOc1ccc(C)cc1)NC1CC=CC1.I. The van der Waals surface area contributed by atoms with Crippen LogP contribution in [-0.2, 0) is 0 Å². The highest BCUT2D eigenvalue weighted by atomic mass is 127. The van der Waals surface area contributed by atoms with Crippen molar-refractivity contribution < 1.29 is 4.74 Å². The van der Waals surface area contributed by atoms with Crippen molar-refractivity contribution in [1.82, 2.24) is 10.6 Å². The fourth-order valence-electron chi connectivity index (χ4n) is 2.48. The standard InChI is InChI=1S/C19H29N3O.HI/c1-3-20-19(22-17-8-4-5-9-17)21-14-6-7-15-23-18-12-10-16(2)11-13-18;/h4-5,10-13,17H,3,6-9,14-15H2,1-2H3,(H2,20,21,22);1H. The molecule has 0 aromatic heterocycles. The molecule has 0 radical (unpaired) electrons. The number of benzene rings is 1. The van der Waals surface area contributed by atoms with Crippen LogP contribution >= 0.6 is 24.0 Å². The third-order valence-electron chi connectivity index (χ3n) is 3.81. The zero-order valence-corrected chi connectivity index (χ0v) is 17.1. The molecule has 0 aliphatic heterocycles. The Labute approximate surface area is 163 Å². The van der Waals surface area contributed by atoms with Crippen molar-refractivity contribution in [2.24, 2.45) is 4.99 Å². The van der Waals surface area contributed by atoms with E-state index < -0.39 is 0 Å². The van der Waals surface area contributed by atoms with E-state index in [4.69, 9.17) is 4.74 Å². The Hall–Kier alpha value is -1.24. The molecule has 5 heteroatoms. The molecule has 0 bridgehead atoms. The average Bonchev–Trinajstić information content (AvgIpc) is 3.05. The van der Waals surface area contributed by atoms with Crippen molar-refractivity contribution in [3.8, 4) is 5.75 Å². The van der Waals surface area contributed by atoms with Crippen molar-refractivity contribution in [1.29, 1.82) is 0 Å². The van der Waals surface area contributed by atoms with E-state index in [2.05, 4.69) is 53.8 Å². The van der Waals surface area contributed by atoms with E-state index in [9.17, 15) is 0 Å². The van der Waals surface area contributed by atoms with Crippen LogP contribution in [0.1, 0.15) is 38.2 Å². The summed E-state index contributed by atoms with van der Waals surface area (Å²) in [6.07, 6.45) is 8.68. The number of nitrogens with one attached hydrogen (secondary N) is 2. The molecule has 1 aromatic rings. The number of hydrogen-bond donors (Lipinski definition) is 2. The minimum Gasteiger partial charge on any atom is -0.494 e. The first kappa shape index (κ1) is 20.8. The predicted octanol–water partition coefficient (Wildman–Crippen LogP) is 4.05. The summed E-state index contributed by atoms with van der Waals surface area (Å²) in [5.41, 5.74) is 1.26. The third-order valence-corrected chi connectivity index (χ3v) is 3.81. The minimum absolute atomic E-state index is 0. The number of rotatable bonds is 8. The van der Waals surface area contributed by atoms with Crippen molar-refractivity contribution >= 4 is 29.9 Å². The number of unbranched alkanes of at least 4 members (excludes halogenated alkanes) is 1. The average molecular weight is 443 g/mol. The largest absolute Gasteiger partial charge is 0.494 e. The smallest absolute Gasteiger partial charge is 0.191 e. The van der Waals surface area contributed by atoms with Crippen LogP contribution < -0.4 is 15.4 Å². The molecule has 24 heavy (non-hydrogen) atoms. The van der Waals surface area contributed by atoms with E-state index in [1.807, 2.05) is 12.1 Å². The Kier molecular flexibility index (Phi) is 10.5. The molecule has 0 unspecified atom stereocenters. The number of hydrogen-bond acceptors (Lipinski definition) is 2. The zero-order chi connectivity index (χ0) is 16.3. The van der Waals surface area contributed by atoms with Crippen LogP contribution in [-0.4, -0.2) is 31.7 Å². The van der Waals surface area contributed by atoms with E-state index in [-0.39, 0.29) is 24.0 Å². The van der Waals surface area contributed by atoms with Gasteiger partial charge in [-0.15, -0.1) is 24.0 Å². The summed E-state index contributed by atoms with van der Waals surface area (Å²) >= 11 is 0. The molecule has 1 aliphatic rings. The maximum Gasteiger partial charge on any atom is 0.191 e. The molecule has 4 nitrogen and oxygen atoms in total.